The van der Waals surface area contributed by atoms with Crippen LogP contribution in [0.4, 0.5) is 5.69 Å². The molecule has 2 N–H and O–H groups in total. The fourth-order valence-corrected chi connectivity index (χ4v) is 1.73. The SMILES string of the molecule is COc1cccc(NC(=O)CN(CCO)C(C)C)c1. The molecule has 106 valence electrons. The molecule has 0 heterocycles. The summed E-state index contributed by atoms with van der Waals surface area (Å²) in [5.41, 5.74) is 0.706. The third-order valence-electron chi connectivity index (χ3n) is 2.82. The van der Waals surface area contributed by atoms with E-state index in [1.165, 1.54) is 0 Å². The summed E-state index contributed by atoms with van der Waals surface area (Å²) in [6, 6.07) is 7.43. The second kappa shape index (κ2) is 7.76. The molecule has 19 heavy (non-hydrogen) atoms. The second-order valence-corrected chi connectivity index (χ2v) is 4.57. The molecule has 5 nitrogen and oxygen atoms in total. The molecule has 1 aromatic carbocycles. The molecule has 1 amide bonds. The van der Waals surface area contributed by atoms with Gasteiger partial charge in [-0.2, -0.15) is 0 Å². The zero-order valence-electron chi connectivity index (χ0n) is 11.7. The Morgan fingerprint density at radius 1 is 1.47 bits per heavy atom. The van der Waals surface area contributed by atoms with Gasteiger partial charge in [0, 0.05) is 24.3 Å². The van der Waals surface area contributed by atoms with Crippen LogP contribution in [0.3, 0.4) is 0 Å². The van der Waals surface area contributed by atoms with Crippen LogP contribution in [0.25, 0.3) is 0 Å². The number of hydrogen-bond acceptors (Lipinski definition) is 4. The first-order valence-electron chi connectivity index (χ1n) is 6.35. The van der Waals surface area contributed by atoms with Gasteiger partial charge in [0.25, 0.3) is 0 Å². The van der Waals surface area contributed by atoms with Gasteiger partial charge >= 0.3 is 0 Å². The maximum absolute atomic E-state index is 11.9. The summed E-state index contributed by atoms with van der Waals surface area (Å²) < 4.78 is 5.10. The lowest BCUT2D eigenvalue weighted by molar-refractivity contribution is -0.117. The zero-order valence-corrected chi connectivity index (χ0v) is 11.7. The van der Waals surface area contributed by atoms with Crippen molar-refractivity contribution in [3.8, 4) is 5.75 Å². The van der Waals surface area contributed by atoms with E-state index in [-0.39, 0.29) is 25.1 Å². The van der Waals surface area contributed by atoms with Crippen molar-refractivity contribution < 1.29 is 14.6 Å². The average molecular weight is 266 g/mol. The molecule has 0 saturated carbocycles. The zero-order chi connectivity index (χ0) is 14.3. The quantitative estimate of drug-likeness (QED) is 0.781. The van der Waals surface area contributed by atoms with Crippen LogP contribution in [0.2, 0.25) is 0 Å². The summed E-state index contributed by atoms with van der Waals surface area (Å²) in [5.74, 6) is 0.601. The van der Waals surface area contributed by atoms with Gasteiger partial charge in [0.05, 0.1) is 20.3 Å². The molecule has 0 spiro atoms. The van der Waals surface area contributed by atoms with Crippen LogP contribution < -0.4 is 10.1 Å². The van der Waals surface area contributed by atoms with Gasteiger partial charge in [-0.15, -0.1) is 0 Å². The molecule has 0 aliphatic heterocycles. The maximum Gasteiger partial charge on any atom is 0.238 e. The van der Waals surface area contributed by atoms with Crippen molar-refractivity contribution in [2.24, 2.45) is 0 Å². The third-order valence-corrected chi connectivity index (χ3v) is 2.82. The van der Waals surface area contributed by atoms with E-state index in [9.17, 15) is 4.79 Å². The monoisotopic (exact) mass is 266 g/mol. The molecule has 0 aliphatic rings. The van der Waals surface area contributed by atoms with Crippen molar-refractivity contribution in [1.82, 2.24) is 4.90 Å². The topological polar surface area (TPSA) is 61.8 Å². The number of anilines is 1. The number of ether oxygens (including phenoxy) is 1. The van der Waals surface area contributed by atoms with Gasteiger partial charge in [0.15, 0.2) is 0 Å². The summed E-state index contributed by atoms with van der Waals surface area (Å²) >= 11 is 0. The van der Waals surface area contributed by atoms with Gasteiger partial charge in [0.1, 0.15) is 5.75 Å². The number of hydrogen-bond donors (Lipinski definition) is 2. The molecule has 0 aliphatic carbocycles. The lowest BCUT2D eigenvalue weighted by Crippen LogP contribution is -2.39. The van der Waals surface area contributed by atoms with Crippen molar-refractivity contribution in [2.45, 2.75) is 19.9 Å². The van der Waals surface area contributed by atoms with Crippen molar-refractivity contribution in [2.75, 3.05) is 32.1 Å². The van der Waals surface area contributed by atoms with Gasteiger partial charge in [-0.1, -0.05) is 6.07 Å². The van der Waals surface area contributed by atoms with E-state index in [2.05, 4.69) is 5.32 Å². The van der Waals surface area contributed by atoms with E-state index in [1.807, 2.05) is 36.9 Å². The first-order valence-corrected chi connectivity index (χ1v) is 6.35. The van der Waals surface area contributed by atoms with Gasteiger partial charge in [-0.25, -0.2) is 0 Å². The summed E-state index contributed by atoms with van der Waals surface area (Å²) in [6.07, 6.45) is 0. The minimum atomic E-state index is -0.101. The summed E-state index contributed by atoms with van der Waals surface area (Å²) in [6.45, 7) is 4.78. The van der Waals surface area contributed by atoms with Gasteiger partial charge < -0.3 is 15.2 Å². The molecule has 1 rings (SSSR count). The highest BCUT2D eigenvalue weighted by atomic mass is 16.5. The Labute approximate surface area is 114 Å². The molecular formula is C14H22N2O3. The summed E-state index contributed by atoms with van der Waals surface area (Å²) in [5, 5.41) is 11.8. The largest absolute Gasteiger partial charge is 0.497 e. The maximum atomic E-state index is 11.9. The molecule has 0 bridgehead atoms. The first-order chi connectivity index (χ1) is 9.06. The molecule has 0 radical (unpaired) electrons. The van der Waals surface area contributed by atoms with Crippen LogP contribution in [-0.2, 0) is 4.79 Å². The van der Waals surface area contributed by atoms with E-state index < -0.39 is 0 Å². The molecule has 0 fully saturated rings. The normalized spacial score (nSPS) is 10.8. The van der Waals surface area contributed by atoms with Gasteiger partial charge in [-0.3, -0.25) is 9.69 Å². The van der Waals surface area contributed by atoms with E-state index in [4.69, 9.17) is 9.84 Å². The van der Waals surface area contributed by atoms with E-state index in [1.54, 1.807) is 13.2 Å². The van der Waals surface area contributed by atoms with Crippen LogP contribution in [0.1, 0.15) is 13.8 Å². The number of benzene rings is 1. The molecule has 0 saturated heterocycles. The number of aliphatic hydroxyl groups excluding tert-OH is 1. The number of carbonyl (C=O) groups is 1. The highest BCUT2D eigenvalue weighted by molar-refractivity contribution is 5.92. The van der Waals surface area contributed by atoms with E-state index >= 15 is 0 Å². The Hall–Kier alpha value is -1.59. The number of methoxy groups -OCH3 is 1. The van der Waals surface area contributed by atoms with Crippen LogP contribution >= 0.6 is 0 Å². The fourth-order valence-electron chi connectivity index (χ4n) is 1.73. The minimum Gasteiger partial charge on any atom is -0.497 e. The van der Waals surface area contributed by atoms with Crippen LogP contribution in [-0.4, -0.2) is 48.8 Å². The molecule has 0 aromatic heterocycles. The molecule has 1 aromatic rings. The number of amides is 1. The van der Waals surface area contributed by atoms with Crippen molar-refractivity contribution in [3.05, 3.63) is 24.3 Å². The predicted molar refractivity (Wildman–Crippen MR) is 75.4 cm³/mol. The number of aliphatic hydroxyl groups is 1. The molecule has 0 atom stereocenters. The molecule has 0 unspecified atom stereocenters. The molecule has 5 heteroatoms. The van der Waals surface area contributed by atoms with Gasteiger partial charge in [-0.05, 0) is 26.0 Å². The Balaban J connectivity index is 2.58. The van der Waals surface area contributed by atoms with Crippen LogP contribution in [0, 0.1) is 0 Å². The van der Waals surface area contributed by atoms with Crippen LogP contribution in [0.15, 0.2) is 24.3 Å². The smallest absolute Gasteiger partial charge is 0.238 e. The fraction of sp³-hybridized carbons (Fsp3) is 0.500. The number of rotatable bonds is 7. The third kappa shape index (κ3) is 5.28. The summed E-state index contributed by atoms with van der Waals surface area (Å²) in [4.78, 5) is 13.8. The Bertz CT molecular complexity index is 407. The number of nitrogens with zero attached hydrogens (tertiary/aromatic N) is 1. The van der Waals surface area contributed by atoms with Crippen molar-refractivity contribution >= 4 is 11.6 Å². The molecular weight excluding hydrogens is 244 g/mol. The van der Waals surface area contributed by atoms with Crippen molar-refractivity contribution in [1.29, 1.82) is 0 Å². The highest BCUT2D eigenvalue weighted by Gasteiger charge is 2.13. The van der Waals surface area contributed by atoms with Crippen molar-refractivity contribution in [3.63, 3.8) is 0 Å². The lowest BCUT2D eigenvalue weighted by Gasteiger charge is -2.24. The Morgan fingerprint density at radius 2 is 2.21 bits per heavy atom. The average Bonchev–Trinajstić information content (AvgIpc) is 2.38. The van der Waals surface area contributed by atoms with E-state index in [0.29, 0.717) is 18.0 Å². The Morgan fingerprint density at radius 3 is 2.79 bits per heavy atom. The summed E-state index contributed by atoms with van der Waals surface area (Å²) in [7, 11) is 1.59. The van der Waals surface area contributed by atoms with Crippen LogP contribution in [0.5, 0.6) is 5.75 Å². The standard InChI is InChI=1S/C14H22N2O3/c1-11(2)16(7-8-17)10-14(18)15-12-5-4-6-13(9-12)19-3/h4-6,9,11,17H,7-8,10H2,1-3H3,(H,15,18). The Kier molecular flexibility index (Phi) is 6.32. The number of carbonyl (C=O) groups excluding carboxylic acids is 1. The second-order valence-electron chi connectivity index (χ2n) is 4.57. The first kappa shape index (κ1) is 15.5. The van der Waals surface area contributed by atoms with E-state index in [0.717, 1.165) is 0 Å². The minimum absolute atomic E-state index is 0.0462. The predicted octanol–water partition coefficient (Wildman–Crippen LogP) is 1.34. The lowest BCUT2D eigenvalue weighted by atomic mass is 10.3. The van der Waals surface area contributed by atoms with Gasteiger partial charge in [0.2, 0.25) is 5.91 Å². The number of nitrogens with one attached hydrogen (secondary N) is 1. The highest BCUT2D eigenvalue weighted by Crippen LogP contribution is 2.16.